The van der Waals surface area contributed by atoms with Gasteiger partial charge in [0.25, 0.3) is 0 Å². The molecule has 1 aliphatic carbocycles. The Morgan fingerprint density at radius 2 is 1.68 bits per heavy atom. The molecule has 10 heteroatoms. The highest BCUT2D eigenvalue weighted by Crippen LogP contribution is 2.49. The van der Waals surface area contributed by atoms with Gasteiger partial charge in [-0.2, -0.15) is 0 Å². The predicted octanol–water partition coefficient (Wildman–Crippen LogP) is 5.34. The van der Waals surface area contributed by atoms with Crippen molar-refractivity contribution < 1.29 is 27.7 Å². The number of nitrogens with zero attached hydrogens (tertiary/aromatic N) is 2. The third-order valence-electron chi connectivity index (χ3n) is 6.72. The van der Waals surface area contributed by atoms with Crippen molar-refractivity contribution in [2.75, 3.05) is 7.05 Å². The van der Waals surface area contributed by atoms with Gasteiger partial charge in [0.05, 0.1) is 10.6 Å². The quantitative estimate of drug-likeness (QED) is 0.210. The second-order valence-electron chi connectivity index (χ2n) is 9.83. The summed E-state index contributed by atoms with van der Waals surface area (Å²) >= 11 is 1.20. The van der Waals surface area contributed by atoms with Gasteiger partial charge < -0.3 is 9.68 Å². The number of fused-ring (bicyclic) bond motifs is 3. The van der Waals surface area contributed by atoms with E-state index in [0.717, 1.165) is 27.8 Å². The van der Waals surface area contributed by atoms with Gasteiger partial charge in [-0.25, -0.2) is 13.2 Å². The molecule has 2 aromatic carbocycles. The first kappa shape index (κ1) is 27.7. The van der Waals surface area contributed by atoms with Crippen LogP contribution in [-0.2, 0) is 34.5 Å². The number of sulfone groups is 1. The molecule has 1 unspecified atom stereocenters. The first-order valence-corrected chi connectivity index (χ1v) is 14.4. The molecule has 1 atom stereocenters. The molecule has 0 aliphatic heterocycles. The van der Waals surface area contributed by atoms with Crippen LogP contribution in [0.25, 0.3) is 11.1 Å². The molecule has 38 heavy (non-hydrogen) atoms. The van der Waals surface area contributed by atoms with Crippen molar-refractivity contribution in [1.29, 1.82) is 0 Å². The fourth-order valence-electron chi connectivity index (χ4n) is 4.62. The Balaban J connectivity index is 1.73. The number of thiophene rings is 1. The third kappa shape index (κ3) is 5.29. The molecule has 1 aromatic heterocycles. The summed E-state index contributed by atoms with van der Waals surface area (Å²) in [4.78, 5) is 33.3. The van der Waals surface area contributed by atoms with Crippen molar-refractivity contribution in [2.24, 2.45) is 5.16 Å². The highest BCUT2D eigenvalue weighted by atomic mass is 32.2. The zero-order valence-electron chi connectivity index (χ0n) is 22.1. The number of hydroxylamine groups is 2. The molecule has 0 saturated heterocycles. The minimum absolute atomic E-state index is 0.253. The second-order valence-corrected chi connectivity index (χ2v) is 13.0. The summed E-state index contributed by atoms with van der Waals surface area (Å²) in [6, 6.07) is 14.3. The molecule has 200 valence electrons. The molecule has 0 radical (unpaired) electrons. The van der Waals surface area contributed by atoms with Crippen molar-refractivity contribution in [3.63, 3.8) is 0 Å². The van der Waals surface area contributed by atoms with Gasteiger partial charge >= 0.3 is 11.9 Å². The van der Waals surface area contributed by atoms with Crippen LogP contribution in [0.2, 0.25) is 0 Å². The summed E-state index contributed by atoms with van der Waals surface area (Å²) in [6.45, 7) is 8.59. The molecule has 0 saturated carbocycles. The average molecular weight is 555 g/mol. The van der Waals surface area contributed by atoms with Crippen molar-refractivity contribution in [3.05, 3.63) is 70.6 Å². The summed E-state index contributed by atoms with van der Waals surface area (Å²) < 4.78 is 26.7. The fourth-order valence-corrected chi connectivity index (χ4v) is 7.04. The maximum atomic E-state index is 13.2. The summed E-state index contributed by atoms with van der Waals surface area (Å²) in [7, 11) is -1.96. The number of rotatable bonds is 8. The SMILES string of the molecule is CC(=O)O/N=C(\CC(C)N(C)OC(C)=O)c1ccc2c(c1)C(C)(C)c1cc(S(=O)(=O)c3cccs3)ccc1-2. The van der Waals surface area contributed by atoms with Crippen LogP contribution in [0.4, 0.5) is 0 Å². The van der Waals surface area contributed by atoms with Gasteiger partial charge in [-0.05, 0) is 64.4 Å². The molecular weight excluding hydrogens is 524 g/mol. The smallest absolute Gasteiger partial charge is 0.331 e. The first-order valence-electron chi connectivity index (χ1n) is 12.1. The summed E-state index contributed by atoms with van der Waals surface area (Å²) in [5, 5.41) is 7.30. The lowest BCUT2D eigenvalue weighted by Crippen LogP contribution is -2.33. The Bertz CT molecular complexity index is 1520. The van der Waals surface area contributed by atoms with Crippen molar-refractivity contribution >= 4 is 38.8 Å². The van der Waals surface area contributed by atoms with Crippen LogP contribution in [0.3, 0.4) is 0 Å². The molecule has 0 spiro atoms. The monoisotopic (exact) mass is 554 g/mol. The molecular formula is C28H30N2O6S2. The Morgan fingerprint density at radius 3 is 2.29 bits per heavy atom. The molecule has 1 heterocycles. The van der Waals surface area contributed by atoms with Crippen LogP contribution in [0, 0.1) is 0 Å². The normalized spacial score (nSPS) is 15.1. The van der Waals surface area contributed by atoms with E-state index in [2.05, 4.69) is 19.0 Å². The number of benzene rings is 2. The molecule has 1 aliphatic rings. The molecule has 0 bridgehead atoms. The van der Waals surface area contributed by atoms with Gasteiger partial charge in [-0.3, -0.25) is 4.79 Å². The van der Waals surface area contributed by atoms with Crippen LogP contribution < -0.4 is 0 Å². The summed E-state index contributed by atoms with van der Waals surface area (Å²) in [5.41, 5.74) is 4.68. The lowest BCUT2D eigenvalue weighted by atomic mass is 9.81. The van der Waals surface area contributed by atoms with E-state index in [9.17, 15) is 18.0 Å². The molecule has 0 amide bonds. The maximum absolute atomic E-state index is 13.2. The number of carbonyl (C=O) groups is 2. The number of hydrogen-bond acceptors (Lipinski definition) is 9. The van der Waals surface area contributed by atoms with Gasteiger partial charge in [0.2, 0.25) is 9.84 Å². The minimum atomic E-state index is -3.61. The Kier molecular flexibility index (Phi) is 7.60. The lowest BCUT2D eigenvalue weighted by molar-refractivity contribution is -0.189. The van der Waals surface area contributed by atoms with E-state index < -0.39 is 27.2 Å². The largest absolute Gasteiger partial charge is 0.368 e. The van der Waals surface area contributed by atoms with E-state index in [1.807, 2.05) is 31.2 Å². The zero-order valence-corrected chi connectivity index (χ0v) is 23.8. The van der Waals surface area contributed by atoms with E-state index in [1.165, 1.54) is 30.2 Å². The van der Waals surface area contributed by atoms with Gasteiger partial charge in [-0.1, -0.05) is 43.3 Å². The molecule has 8 nitrogen and oxygen atoms in total. The minimum Gasteiger partial charge on any atom is -0.368 e. The van der Waals surface area contributed by atoms with Crippen LogP contribution in [0.15, 0.2) is 68.2 Å². The summed E-state index contributed by atoms with van der Waals surface area (Å²) in [5.74, 6) is -0.979. The van der Waals surface area contributed by atoms with Gasteiger partial charge in [0.1, 0.15) is 4.21 Å². The van der Waals surface area contributed by atoms with Crippen LogP contribution >= 0.6 is 11.3 Å². The number of carbonyl (C=O) groups excluding carboxylic acids is 2. The lowest BCUT2D eigenvalue weighted by Gasteiger charge is -2.24. The van der Waals surface area contributed by atoms with Gasteiger partial charge in [0, 0.05) is 38.8 Å². The first-order chi connectivity index (χ1) is 17.8. The third-order valence-corrected chi connectivity index (χ3v) is 9.87. The molecule has 3 aromatic rings. The van der Waals surface area contributed by atoms with E-state index in [0.29, 0.717) is 16.3 Å². The van der Waals surface area contributed by atoms with E-state index in [1.54, 1.807) is 36.7 Å². The van der Waals surface area contributed by atoms with Crippen molar-refractivity contribution in [2.45, 2.75) is 61.6 Å². The van der Waals surface area contributed by atoms with Crippen molar-refractivity contribution in [1.82, 2.24) is 5.06 Å². The molecule has 4 rings (SSSR count). The van der Waals surface area contributed by atoms with Crippen LogP contribution in [0.5, 0.6) is 0 Å². The second kappa shape index (κ2) is 10.4. The van der Waals surface area contributed by atoms with Crippen LogP contribution in [-0.4, -0.2) is 44.2 Å². The van der Waals surface area contributed by atoms with Gasteiger partial charge in [0.15, 0.2) is 0 Å². The van der Waals surface area contributed by atoms with Crippen LogP contribution in [0.1, 0.15) is 57.7 Å². The number of oxime groups is 1. The number of hydrogen-bond donors (Lipinski definition) is 0. The standard InChI is InChI=1S/C28H30N2O6S2/c1-17(30(6)36-19(3)32)14-26(29-35-18(2)31)20-9-11-22-23-12-10-21(38(33,34)27-8-7-13-37-27)16-25(23)28(4,5)24(22)15-20/h7-13,15-17H,14H2,1-6H3/b29-26+. The van der Waals surface area contributed by atoms with E-state index in [4.69, 9.17) is 9.68 Å². The maximum Gasteiger partial charge on any atom is 0.331 e. The topological polar surface area (TPSA) is 102 Å². The fraction of sp³-hybridized carbons (Fsp3) is 0.321. The van der Waals surface area contributed by atoms with Gasteiger partial charge in [-0.15, -0.1) is 16.4 Å². The summed E-state index contributed by atoms with van der Waals surface area (Å²) in [6.07, 6.45) is 0.340. The molecule has 0 fully saturated rings. The Hall–Kier alpha value is -3.34. The molecule has 0 N–H and O–H groups in total. The highest BCUT2D eigenvalue weighted by Gasteiger charge is 2.37. The predicted molar refractivity (Wildman–Crippen MR) is 146 cm³/mol. The Labute approximate surface area is 226 Å². The Morgan fingerprint density at radius 1 is 1.03 bits per heavy atom. The zero-order chi connectivity index (χ0) is 27.8. The highest BCUT2D eigenvalue weighted by molar-refractivity contribution is 7.93. The average Bonchev–Trinajstić information content (AvgIpc) is 3.47. The van der Waals surface area contributed by atoms with Crippen molar-refractivity contribution in [3.8, 4) is 11.1 Å². The van der Waals surface area contributed by atoms with E-state index >= 15 is 0 Å². The van der Waals surface area contributed by atoms with E-state index in [-0.39, 0.29) is 10.9 Å².